The zero-order valence-corrected chi connectivity index (χ0v) is 10.4. The molecule has 2 unspecified atom stereocenters. The van der Waals surface area contributed by atoms with Gasteiger partial charge in [0.2, 0.25) is 5.91 Å². The molecule has 2 rings (SSSR count). The number of ketones is 1. The van der Waals surface area contributed by atoms with Gasteiger partial charge in [-0.3, -0.25) is 9.59 Å². The van der Waals surface area contributed by atoms with Crippen molar-refractivity contribution in [2.45, 2.75) is 40.0 Å². The number of Topliss-reactive ketones (excluding diaryl/α,β-unsaturated/α-hetero) is 1. The lowest BCUT2D eigenvalue weighted by Crippen LogP contribution is -2.36. The number of nitrogens with one attached hydrogen (secondary N) is 1. The van der Waals surface area contributed by atoms with E-state index in [0.717, 1.165) is 0 Å². The average Bonchev–Trinajstić information content (AvgIpc) is 2.67. The predicted octanol–water partition coefficient (Wildman–Crippen LogP) is 1.76. The highest BCUT2D eigenvalue weighted by Gasteiger charge is 2.56. The molecule has 0 heterocycles. The smallest absolute Gasteiger partial charge is 0.224 e. The molecule has 3 heteroatoms. The average molecular weight is 223 g/mol. The van der Waals surface area contributed by atoms with Gasteiger partial charge in [-0.05, 0) is 24.7 Å². The Morgan fingerprint density at radius 1 is 1.19 bits per heavy atom. The molecule has 0 aromatic carbocycles. The summed E-state index contributed by atoms with van der Waals surface area (Å²) in [7, 11) is 0. The van der Waals surface area contributed by atoms with Crippen LogP contribution in [0, 0.1) is 23.2 Å². The Hall–Kier alpha value is -0.860. The number of amides is 1. The van der Waals surface area contributed by atoms with E-state index in [4.69, 9.17) is 0 Å². The maximum absolute atomic E-state index is 11.8. The topological polar surface area (TPSA) is 46.2 Å². The normalized spacial score (nSPS) is 32.1. The van der Waals surface area contributed by atoms with E-state index in [0.29, 0.717) is 11.8 Å². The van der Waals surface area contributed by atoms with Gasteiger partial charge < -0.3 is 5.32 Å². The zero-order valence-electron chi connectivity index (χ0n) is 10.4. The van der Waals surface area contributed by atoms with Gasteiger partial charge >= 0.3 is 0 Å². The van der Waals surface area contributed by atoms with Gasteiger partial charge in [-0.1, -0.05) is 27.2 Å². The monoisotopic (exact) mass is 223 g/mol. The minimum absolute atomic E-state index is 0.103. The molecule has 0 bridgehead atoms. The Kier molecular flexibility index (Phi) is 2.81. The van der Waals surface area contributed by atoms with Crippen molar-refractivity contribution in [1.29, 1.82) is 0 Å². The molecule has 0 aliphatic heterocycles. The largest absolute Gasteiger partial charge is 0.349 e. The second-order valence-electron chi connectivity index (χ2n) is 6.18. The van der Waals surface area contributed by atoms with Crippen molar-refractivity contribution in [3.05, 3.63) is 0 Å². The summed E-state index contributed by atoms with van der Waals surface area (Å²) in [4.78, 5) is 23.4. The summed E-state index contributed by atoms with van der Waals surface area (Å²) >= 11 is 0. The molecule has 0 aromatic rings. The second-order valence-corrected chi connectivity index (χ2v) is 6.18. The molecule has 3 nitrogen and oxygen atoms in total. The van der Waals surface area contributed by atoms with Crippen LogP contribution in [0.1, 0.15) is 40.0 Å². The molecule has 2 atom stereocenters. The van der Waals surface area contributed by atoms with E-state index in [1.807, 2.05) is 20.8 Å². The van der Waals surface area contributed by atoms with Gasteiger partial charge in [0, 0.05) is 11.3 Å². The van der Waals surface area contributed by atoms with Crippen molar-refractivity contribution < 1.29 is 9.59 Å². The molecule has 2 aliphatic carbocycles. The van der Waals surface area contributed by atoms with Gasteiger partial charge in [-0.2, -0.15) is 0 Å². The summed E-state index contributed by atoms with van der Waals surface area (Å²) < 4.78 is 0. The van der Waals surface area contributed by atoms with E-state index in [1.165, 1.54) is 19.3 Å². The maximum Gasteiger partial charge on any atom is 0.224 e. The van der Waals surface area contributed by atoms with Crippen LogP contribution in [0.5, 0.6) is 0 Å². The van der Waals surface area contributed by atoms with Crippen LogP contribution in [0.3, 0.4) is 0 Å². The van der Waals surface area contributed by atoms with E-state index in [-0.39, 0.29) is 29.6 Å². The molecule has 0 radical (unpaired) electrons. The Labute approximate surface area is 97.0 Å². The van der Waals surface area contributed by atoms with Crippen LogP contribution < -0.4 is 5.32 Å². The fourth-order valence-electron chi connectivity index (χ4n) is 2.76. The molecule has 2 saturated carbocycles. The first-order valence-corrected chi connectivity index (χ1v) is 6.22. The Bertz CT molecular complexity index is 306. The minimum Gasteiger partial charge on any atom is -0.349 e. The second kappa shape index (κ2) is 3.86. The summed E-state index contributed by atoms with van der Waals surface area (Å²) in [5.74, 6) is 1.69. The molecular formula is C13H21NO2. The lowest BCUT2D eigenvalue weighted by Gasteiger charge is -2.16. The molecule has 16 heavy (non-hydrogen) atoms. The highest BCUT2D eigenvalue weighted by atomic mass is 16.2. The Morgan fingerprint density at radius 3 is 2.25 bits per heavy atom. The number of rotatable bonds is 3. The highest BCUT2D eigenvalue weighted by Crippen LogP contribution is 2.57. The minimum atomic E-state index is -0.354. The molecule has 90 valence electrons. The van der Waals surface area contributed by atoms with Crippen LogP contribution in [-0.4, -0.2) is 18.2 Å². The summed E-state index contributed by atoms with van der Waals surface area (Å²) in [6, 6.07) is 0. The van der Waals surface area contributed by atoms with Gasteiger partial charge in [-0.25, -0.2) is 0 Å². The van der Waals surface area contributed by atoms with Gasteiger partial charge in [-0.15, -0.1) is 0 Å². The SMILES string of the molecule is CC(C)(C)C(=O)CNC(=O)C1C2CCCC21. The van der Waals surface area contributed by atoms with Crippen molar-refractivity contribution in [2.75, 3.05) is 6.54 Å². The van der Waals surface area contributed by atoms with Crippen LogP contribution in [0.4, 0.5) is 0 Å². The third-order valence-electron chi connectivity index (χ3n) is 3.97. The van der Waals surface area contributed by atoms with Crippen LogP contribution in [-0.2, 0) is 9.59 Å². The number of fused-ring (bicyclic) bond motifs is 1. The fraction of sp³-hybridized carbons (Fsp3) is 0.846. The summed E-state index contributed by atoms with van der Waals surface area (Å²) in [6.07, 6.45) is 3.69. The Morgan fingerprint density at radius 2 is 1.75 bits per heavy atom. The number of carbonyl (C=O) groups excluding carboxylic acids is 2. The lowest BCUT2D eigenvalue weighted by atomic mass is 9.91. The third kappa shape index (κ3) is 2.13. The highest BCUT2D eigenvalue weighted by molar-refractivity contribution is 5.91. The Balaban J connectivity index is 1.75. The standard InChI is InChI=1S/C13H21NO2/c1-13(2,3)10(15)7-14-12(16)11-8-5-4-6-9(8)11/h8-9,11H,4-7H2,1-3H3,(H,14,16). The number of hydrogen-bond donors (Lipinski definition) is 1. The summed E-state index contributed by atoms with van der Waals surface area (Å²) in [6.45, 7) is 5.84. The molecule has 0 saturated heterocycles. The molecule has 1 N–H and O–H groups in total. The van der Waals surface area contributed by atoms with Gasteiger partial charge in [0.1, 0.15) is 0 Å². The van der Waals surface area contributed by atoms with Crippen molar-refractivity contribution in [3.8, 4) is 0 Å². The first-order chi connectivity index (χ1) is 7.41. The maximum atomic E-state index is 11.8. The summed E-state index contributed by atoms with van der Waals surface area (Å²) in [5, 5.41) is 2.79. The summed E-state index contributed by atoms with van der Waals surface area (Å²) in [5.41, 5.74) is -0.354. The first kappa shape index (κ1) is 11.6. The van der Waals surface area contributed by atoms with Gasteiger partial charge in [0.05, 0.1) is 6.54 Å². The van der Waals surface area contributed by atoms with Crippen molar-refractivity contribution in [3.63, 3.8) is 0 Å². The fourth-order valence-corrected chi connectivity index (χ4v) is 2.76. The molecular weight excluding hydrogens is 202 g/mol. The molecule has 0 spiro atoms. The van der Waals surface area contributed by atoms with Crippen LogP contribution in [0.2, 0.25) is 0 Å². The van der Waals surface area contributed by atoms with Crippen molar-refractivity contribution >= 4 is 11.7 Å². The number of carbonyl (C=O) groups is 2. The van der Waals surface area contributed by atoms with Crippen LogP contribution in [0.25, 0.3) is 0 Å². The van der Waals surface area contributed by atoms with Crippen LogP contribution >= 0.6 is 0 Å². The first-order valence-electron chi connectivity index (χ1n) is 6.22. The van der Waals surface area contributed by atoms with Gasteiger partial charge in [0.25, 0.3) is 0 Å². The van der Waals surface area contributed by atoms with E-state index in [2.05, 4.69) is 5.32 Å². The third-order valence-corrected chi connectivity index (χ3v) is 3.97. The predicted molar refractivity (Wildman–Crippen MR) is 61.8 cm³/mol. The van der Waals surface area contributed by atoms with E-state index in [9.17, 15) is 9.59 Å². The van der Waals surface area contributed by atoms with Crippen molar-refractivity contribution in [2.24, 2.45) is 23.2 Å². The lowest BCUT2D eigenvalue weighted by molar-refractivity contribution is -0.129. The van der Waals surface area contributed by atoms with E-state index in [1.54, 1.807) is 0 Å². The van der Waals surface area contributed by atoms with E-state index >= 15 is 0 Å². The quantitative estimate of drug-likeness (QED) is 0.792. The molecule has 1 amide bonds. The molecule has 2 aliphatic rings. The van der Waals surface area contributed by atoms with Crippen LogP contribution in [0.15, 0.2) is 0 Å². The number of hydrogen-bond acceptors (Lipinski definition) is 2. The van der Waals surface area contributed by atoms with E-state index < -0.39 is 0 Å². The molecule has 0 aromatic heterocycles. The molecule has 2 fully saturated rings. The zero-order chi connectivity index (χ0) is 11.9. The van der Waals surface area contributed by atoms with Crippen molar-refractivity contribution in [1.82, 2.24) is 5.32 Å². The van der Waals surface area contributed by atoms with Gasteiger partial charge in [0.15, 0.2) is 5.78 Å².